The molecule has 60 valence electrons. The highest BCUT2D eigenvalue weighted by atomic mass is 79.9. The topological polar surface area (TPSA) is 0 Å². The van der Waals surface area contributed by atoms with Crippen LogP contribution in [0.2, 0.25) is 0 Å². The van der Waals surface area contributed by atoms with Gasteiger partial charge in [-0.1, -0.05) is 63.7 Å². The molecule has 0 fully saturated rings. The van der Waals surface area contributed by atoms with E-state index in [1.54, 1.807) is 0 Å². The number of halogens is 4. The monoisotopic (exact) mass is 396 g/mol. The first-order chi connectivity index (χ1) is 4.46. The van der Waals surface area contributed by atoms with E-state index in [2.05, 4.69) is 77.6 Å². The Morgan fingerprint density at radius 1 is 0.800 bits per heavy atom. The van der Waals surface area contributed by atoms with Gasteiger partial charge in [0.15, 0.2) is 0 Å². The number of alkyl halides is 4. The van der Waals surface area contributed by atoms with Crippen molar-refractivity contribution in [2.75, 3.05) is 0 Å². The van der Waals surface area contributed by atoms with E-state index in [0.717, 1.165) is 0 Å². The van der Waals surface area contributed by atoms with Gasteiger partial charge in [-0.3, -0.25) is 0 Å². The van der Waals surface area contributed by atoms with Crippen molar-refractivity contribution in [3.05, 3.63) is 11.1 Å². The third-order valence-electron chi connectivity index (χ3n) is 1.28. The summed E-state index contributed by atoms with van der Waals surface area (Å²) in [6, 6.07) is 0. The summed E-state index contributed by atoms with van der Waals surface area (Å²) in [5.41, 5.74) is 2.58. The number of allylic oxidation sites excluding steroid dienone is 2. The van der Waals surface area contributed by atoms with E-state index in [9.17, 15) is 0 Å². The zero-order valence-corrected chi connectivity index (χ0v) is 12.0. The number of rotatable bonds is 2. The number of hydrogen-bond acceptors (Lipinski definition) is 0. The van der Waals surface area contributed by atoms with Crippen LogP contribution in [0.4, 0.5) is 0 Å². The minimum atomic E-state index is 0.276. The first kappa shape index (κ1) is 11.7. The summed E-state index contributed by atoms with van der Waals surface area (Å²) in [7, 11) is 0. The zero-order chi connectivity index (χ0) is 8.31. The lowest BCUT2D eigenvalue weighted by atomic mass is 10.2. The third kappa shape index (κ3) is 3.88. The minimum absolute atomic E-state index is 0.276. The fourth-order valence-corrected chi connectivity index (χ4v) is 1.79. The van der Waals surface area contributed by atoms with Crippen molar-refractivity contribution >= 4 is 63.7 Å². The van der Waals surface area contributed by atoms with Gasteiger partial charge in [0.05, 0.1) is 7.47 Å². The Balaban J connectivity index is 4.34. The summed E-state index contributed by atoms with van der Waals surface area (Å²) in [4.78, 5) is 0. The standard InChI is InChI=1S/C6H8Br4/c1-3(5(7)8)4(2)6(9)10/h5-6H,1-2H3/b4-3+. The predicted molar refractivity (Wildman–Crippen MR) is 61.7 cm³/mol. The molecular weight excluding hydrogens is 392 g/mol. The molecule has 0 aliphatic rings. The van der Waals surface area contributed by atoms with E-state index in [4.69, 9.17) is 0 Å². The lowest BCUT2D eigenvalue weighted by Crippen LogP contribution is -1.97. The third-order valence-corrected chi connectivity index (χ3v) is 4.02. The second-order valence-corrected chi connectivity index (χ2v) is 8.09. The predicted octanol–water partition coefficient (Wildman–Crippen LogP) is 4.55. The Morgan fingerprint density at radius 3 is 1.10 bits per heavy atom. The first-order valence-electron chi connectivity index (χ1n) is 2.70. The molecule has 0 N–H and O–H groups in total. The highest BCUT2D eigenvalue weighted by Crippen LogP contribution is 2.27. The Kier molecular flexibility index (Phi) is 6.22. The van der Waals surface area contributed by atoms with Crippen molar-refractivity contribution in [2.24, 2.45) is 0 Å². The smallest absolute Gasteiger partial charge is 0.0716 e. The summed E-state index contributed by atoms with van der Waals surface area (Å²) < 4.78 is 0.551. The highest BCUT2D eigenvalue weighted by Gasteiger charge is 2.08. The molecule has 0 aliphatic carbocycles. The van der Waals surface area contributed by atoms with Gasteiger partial charge in [-0.15, -0.1) is 0 Å². The van der Waals surface area contributed by atoms with E-state index in [0.29, 0.717) is 0 Å². The van der Waals surface area contributed by atoms with Crippen LogP contribution in [0.15, 0.2) is 11.1 Å². The van der Waals surface area contributed by atoms with Crippen molar-refractivity contribution < 1.29 is 0 Å². The molecule has 0 aliphatic heterocycles. The minimum Gasteiger partial charge on any atom is -0.0716 e. The molecule has 0 saturated carbocycles. The fourth-order valence-electron chi connectivity index (χ4n) is 0.344. The maximum atomic E-state index is 3.43. The SMILES string of the molecule is C/C(=C(/C)C(Br)Br)C(Br)Br. The number of hydrogen-bond donors (Lipinski definition) is 0. The summed E-state index contributed by atoms with van der Waals surface area (Å²) >= 11 is 13.7. The molecule has 0 unspecified atom stereocenters. The quantitative estimate of drug-likeness (QED) is 0.472. The summed E-state index contributed by atoms with van der Waals surface area (Å²) in [5.74, 6) is 0. The molecule has 0 heterocycles. The average molecular weight is 400 g/mol. The Morgan fingerprint density at radius 2 is 1.00 bits per heavy atom. The lowest BCUT2D eigenvalue weighted by molar-refractivity contribution is 1.22. The molecule has 0 bridgehead atoms. The summed E-state index contributed by atoms with van der Waals surface area (Å²) in [5, 5.41) is 0. The van der Waals surface area contributed by atoms with Crippen LogP contribution in [-0.4, -0.2) is 7.47 Å². The van der Waals surface area contributed by atoms with Gasteiger partial charge in [0.2, 0.25) is 0 Å². The van der Waals surface area contributed by atoms with Crippen LogP contribution >= 0.6 is 63.7 Å². The normalized spacial score (nSPS) is 14.4. The Hall–Kier alpha value is 1.66. The lowest BCUT2D eigenvalue weighted by Gasteiger charge is -2.09. The Labute approximate surface area is 95.3 Å². The summed E-state index contributed by atoms with van der Waals surface area (Å²) in [6.07, 6.45) is 0. The first-order valence-corrected chi connectivity index (χ1v) is 6.36. The van der Waals surface area contributed by atoms with Crippen LogP contribution < -0.4 is 0 Å². The van der Waals surface area contributed by atoms with Crippen molar-refractivity contribution in [3.63, 3.8) is 0 Å². The molecular formula is C6H8Br4. The molecule has 0 saturated heterocycles. The van der Waals surface area contributed by atoms with E-state index >= 15 is 0 Å². The van der Waals surface area contributed by atoms with Crippen LogP contribution in [0.1, 0.15) is 13.8 Å². The van der Waals surface area contributed by atoms with E-state index in [1.807, 2.05) is 0 Å². The largest absolute Gasteiger partial charge is 0.0907 e. The Bertz CT molecular complexity index is 121. The highest BCUT2D eigenvalue weighted by molar-refractivity contribution is 9.25. The van der Waals surface area contributed by atoms with Gasteiger partial charge in [-0.2, -0.15) is 0 Å². The van der Waals surface area contributed by atoms with Crippen molar-refractivity contribution in [1.29, 1.82) is 0 Å². The van der Waals surface area contributed by atoms with Crippen LogP contribution in [0.5, 0.6) is 0 Å². The van der Waals surface area contributed by atoms with Crippen LogP contribution in [0.25, 0.3) is 0 Å². The van der Waals surface area contributed by atoms with Crippen molar-refractivity contribution in [1.82, 2.24) is 0 Å². The zero-order valence-electron chi connectivity index (χ0n) is 5.67. The molecule has 4 heteroatoms. The maximum Gasteiger partial charge on any atom is 0.0907 e. The van der Waals surface area contributed by atoms with Gasteiger partial charge in [-0.25, -0.2) is 0 Å². The molecule has 10 heavy (non-hydrogen) atoms. The van der Waals surface area contributed by atoms with Crippen LogP contribution in [0.3, 0.4) is 0 Å². The molecule has 0 nitrogen and oxygen atoms in total. The maximum absolute atomic E-state index is 3.43. The van der Waals surface area contributed by atoms with Crippen molar-refractivity contribution in [3.8, 4) is 0 Å². The molecule has 0 atom stereocenters. The van der Waals surface area contributed by atoms with Gasteiger partial charge < -0.3 is 0 Å². The molecule has 0 amide bonds. The average Bonchev–Trinajstić information content (AvgIpc) is 1.84. The van der Waals surface area contributed by atoms with Gasteiger partial charge in [0.25, 0.3) is 0 Å². The van der Waals surface area contributed by atoms with E-state index in [1.165, 1.54) is 11.1 Å². The van der Waals surface area contributed by atoms with Crippen LogP contribution in [0, 0.1) is 0 Å². The van der Waals surface area contributed by atoms with Crippen molar-refractivity contribution in [2.45, 2.75) is 21.3 Å². The fraction of sp³-hybridized carbons (Fsp3) is 0.667. The molecule has 0 radical (unpaired) electrons. The summed E-state index contributed by atoms with van der Waals surface area (Å²) in [6.45, 7) is 4.16. The van der Waals surface area contributed by atoms with E-state index < -0.39 is 0 Å². The van der Waals surface area contributed by atoms with Gasteiger partial charge in [0.1, 0.15) is 0 Å². The van der Waals surface area contributed by atoms with Gasteiger partial charge in [-0.05, 0) is 25.0 Å². The second-order valence-electron chi connectivity index (χ2n) is 1.97. The molecule has 0 spiro atoms. The van der Waals surface area contributed by atoms with Gasteiger partial charge >= 0.3 is 0 Å². The molecule has 0 aromatic carbocycles. The molecule has 0 aromatic heterocycles. The second kappa shape index (κ2) is 5.33. The van der Waals surface area contributed by atoms with E-state index in [-0.39, 0.29) is 7.47 Å². The molecule has 0 aromatic rings. The van der Waals surface area contributed by atoms with Crippen LogP contribution in [-0.2, 0) is 0 Å². The van der Waals surface area contributed by atoms with Gasteiger partial charge in [0, 0.05) is 0 Å². The molecule has 0 rings (SSSR count).